The lowest BCUT2D eigenvalue weighted by atomic mass is 9.88. The van der Waals surface area contributed by atoms with Crippen LogP contribution in [0.5, 0.6) is 0 Å². The maximum absolute atomic E-state index is 12.3. The number of amides is 3. The fourth-order valence-electron chi connectivity index (χ4n) is 6.13. The molecule has 0 spiro atoms. The molecule has 0 radical (unpaired) electrons. The van der Waals surface area contributed by atoms with Crippen LogP contribution in [0.15, 0.2) is 72.9 Å². The molecule has 0 aromatic rings. The molecule has 3 aliphatic rings. The first kappa shape index (κ1) is 44.7. The average molecular weight is 728 g/mol. The Morgan fingerprint density at radius 2 is 1.25 bits per heavy atom. The summed E-state index contributed by atoms with van der Waals surface area (Å²) in [7, 11) is 0. The number of carbonyl (C=O) groups is 3. The van der Waals surface area contributed by atoms with Crippen molar-refractivity contribution in [2.45, 2.75) is 130 Å². The van der Waals surface area contributed by atoms with E-state index in [0.29, 0.717) is 38.1 Å². The molecule has 0 unspecified atom stereocenters. The van der Waals surface area contributed by atoms with Crippen molar-refractivity contribution in [3.05, 3.63) is 72.9 Å². The van der Waals surface area contributed by atoms with Crippen molar-refractivity contribution in [2.75, 3.05) is 26.3 Å². The zero-order valence-corrected chi connectivity index (χ0v) is 32.7. The summed E-state index contributed by atoms with van der Waals surface area (Å²) >= 11 is 0. The van der Waals surface area contributed by atoms with Gasteiger partial charge in [0.05, 0.1) is 55.8 Å². The Morgan fingerprint density at radius 3 is 1.67 bits per heavy atom. The average Bonchev–Trinajstić information content (AvgIpc) is 3.11. The fraction of sp³-hybridized carbons (Fsp3) is 0.634. The molecule has 3 amide bonds. The third-order valence-corrected chi connectivity index (χ3v) is 9.68. The van der Waals surface area contributed by atoms with E-state index in [9.17, 15) is 14.4 Å². The van der Waals surface area contributed by atoms with Gasteiger partial charge in [0.15, 0.2) is 0 Å². The van der Waals surface area contributed by atoms with Crippen molar-refractivity contribution in [3.63, 3.8) is 0 Å². The van der Waals surface area contributed by atoms with Gasteiger partial charge in [-0.15, -0.1) is 0 Å². The molecule has 0 saturated carbocycles. The van der Waals surface area contributed by atoms with Crippen molar-refractivity contribution in [2.24, 2.45) is 11.8 Å². The highest BCUT2D eigenvalue weighted by Crippen LogP contribution is 2.29. The van der Waals surface area contributed by atoms with Crippen LogP contribution in [0.25, 0.3) is 0 Å². The lowest BCUT2D eigenvalue weighted by molar-refractivity contribution is -0.124. The zero-order valence-electron chi connectivity index (χ0n) is 32.7. The maximum atomic E-state index is 12.3. The Morgan fingerprint density at radius 1 is 0.808 bits per heavy atom. The van der Waals surface area contributed by atoms with Crippen LogP contribution in [-0.4, -0.2) is 103 Å². The Labute approximate surface area is 312 Å². The van der Waals surface area contributed by atoms with Gasteiger partial charge in [-0.3, -0.25) is 9.59 Å². The molecular weight excluding hydrogens is 662 g/mol. The topological polar surface area (TPSA) is 136 Å². The molecule has 3 rings (SSSR count). The second-order valence-electron chi connectivity index (χ2n) is 14.3. The predicted molar refractivity (Wildman–Crippen MR) is 206 cm³/mol. The molecule has 3 fully saturated rings. The molecular formula is C41H65N3O8. The number of hydrogen-bond donors (Lipinski definition) is 3. The lowest BCUT2D eigenvalue weighted by Gasteiger charge is -2.39. The first-order valence-electron chi connectivity index (χ1n) is 18.7. The Bertz CT molecular complexity index is 1280. The molecule has 292 valence electrons. The summed E-state index contributed by atoms with van der Waals surface area (Å²) < 4.78 is 22.8. The summed E-state index contributed by atoms with van der Waals surface area (Å²) in [6.45, 7) is 25.3. The third kappa shape index (κ3) is 16.4. The van der Waals surface area contributed by atoms with E-state index in [0.717, 1.165) is 36.8 Å². The van der Waals surface area contributed by atoms with Crippen LogP contribution in [0.1, 0.15) is 81.1 Å². The van der Waals surface area contributed by atoms with E-state index in [2.05, 4.69) is 49.8 Å². The van der Waals surface area contributed by atoms with Crippen LogP contribution in [0.3, 0.4) is 0 Å². The van der Waals surface area contributed by atoms with Crippen LogP contribution >= 0.6 is 0 Å². The summed E-state index contributed by atoms with van der Waals surface area (Å²) in [5, 5.41) is 15.1. The molecule has 11 nitrogen and oxygen atoms in total. The largest absolute Gasteiger partial charge is 0.442 e. The van der Waals surface area contributed by atoms with Gasteiger partial charge in [0.25, 0.3) is 0 Å². The van der Waals surface area contributed by atoms with Crippen molar-refractivity contribution in [1.29, 1.82) is 0 Å². The molecule has 3 saturated heterocycles. The smallest absolute Gasteiger partial charge is 0.410 e. The summed E-state index contributed by atoms with van der Waals surface area (Å²) in [5.41, 5.74) is 2.30. The van der Waals surface area contributed by atoms with Crippen molar-refractivity contribution < 1.29 is 38.4 Å². The van der Waals surface area contributed by atoms with Crippen LogP contribution in [-0.2, 0) is 28.5 Å². The minimum Gasteiger partial charge on any atom is -0.442 e. The van der Waals surface area contributed by atoms with Crippen LogP contribution < -0.4 is 10.6 Å². The molecule has 3 N–H and O–H groups in total. The summed E-state index contributed by atoms with van der Waals surface area (Å²) in [6, 6.07) is -0.0500. The molecule has 0 aliphatic carbocycles. The number of aliphatic hydroxyl groups excluding tert-OH is 1. The summed E-state index contributed by atoms with van der Waals surface area (Å²) in [5.74, 6) is 0.307. The lowest BCUT2D eigenvalue weighted by Crippen LogP contribution is -2.50. The predicted octanol–water partition coefficient (Wildman–Crippen LogP) is 5.96. The van der Waals surface area contributed by atoms with Crippen molar-refractivity contribution in [3.8, 4) is 0 Å². The number of morpholine rings is 1. The maximum Gasteiger partial charge on any atom is 0.410 e. The molecule has 0 aromatic heterocycles. The van der Waals surface area contributed by atoms with Crippen LogP contribution in [0.4, 0.5) is 4.79 Å². The van der Waals surface area contributed by atoms with Gasteiger partial charge in [-0.1, -0.05) is 68.5 Å². The molecule has 3 aliphatic heterocycles. The van der Waals surface area contributed by atoms with Gasteiger partial charge in [0.2, 0.25) is 11.8 Å². The Balaban J connectivity index is 0.000000378. The SMILES string of the molecule is C=C/C(C)=C/C[C@@H]1O[C@H](C)[C@H](NC(=O)/C=C\[C@H](C)O)C[C@@H]1C.C=C/C(C)=C/C[C@@H]1O[C@H](C)[C@H](NC(=O)/C=C\[C@H](C)OC(=O)N2CCOCC2)C[C@@H]1C. The molecule has 10 atom stereocenters. The number of rotatable bonds is 13. The number of allylic oxidation sites excluding steroid dienone is 4. The van der Waals surface area contributed by atoms with Gasteiger partial charge >= 0.3 is 6.09 Å². The van der Waals surface area contributed by atoms with E-state index < -0.39 is 12.2 Å². The van der Waals surface area contributed by atoms with E-state index in [-0.39, 0.29) is 54.4 Å². The van der Waals surface area contributed by atoms with Gasteiger partial charge in [-0.2, -0.15) is 0 Å². The standard InChI is InChI=1S/C23H36N2O5.C18H29NO3/c1-6-16(2)7-9-21-17(3)15-20(19(5)30-21)24-22(26)10-8-18(4)29-23(27)25-11-13-28-14-12-25;1-6-12(2)7-9-17-13(3)11-16(15(5)22-17)19-18(21)10-8-14(4)20/h6-8,10,17-21H,1,9,11-15H2,2-5H3,(H,24,26);6-8,10,13-17,20H,1,9,11H2,2-5H3,(H,19,21)/b10-8-,16-7+;10-8-,12-7+/t17-,18-,19+,20+,21-;13-,14-,15+,16+,17-/m00/s1. The van der Waals surface area contributed by atoms with Gasteiger partial charge in [0, 0.05) is 25.2 Å². The number of hydrogen-bond acceptors (Lipinski definition) is 8. The Hall–Kier alpha value is -3.51. The van der Waals surface area contributed by atoms with Crippen LogP contribution in [0.2, 0.25) is 0 Å². The normalized spacial score (nSPS) is 29.8. The molecule has 11 heteroatoms. The quantitative estimate of drug-likeness (QED) is 0.156. The van der Waals surface area contributed by atoms with E-state index in [1.807, 2.05) is 39.8 Å². The number of nitrogens with zero attached hydrogens (tertiary/aromatic N) is 1. The molecule has 0 aromatic carbocycles. The number of carbonyl (C=O) groups excluding carboxylic acids is 3. The van der Waals surface area contributed by atoms with Gasteiger partial charge in [-0.25, -0.2) is 4.79 Å². The van der Waals surface area contributed by atoms with Gasteiger partial charge < -0.3 is 39.6 Å². The number of aliphatic hydroxyl groups is 1. The van der Waals surface area contributed by atoms with Gasteiger partial charge in [-0.05, 0) is 85.1 Å². The monoisotopic (exact) mass is 727 g/mol. The minimum atomic E-state index is -0.617. The molecule has 52 heavy (non-hydrogen) atoms. The number of ether oxygens (including phenoxy) is 4. The zero-order chi connectivity index (χ0) is 38.8. The highest BCUT2D eigenvalue weighted by molar-refractivity contribution is 5.88. The fourth-order valence-corrected chi connectivity index (χ4v) is 6.13. The van der Waals surface area contributed by atoms with Crippen molar-refractivity contribution >= 4 is 17.9 Å². The number of nitrogens with one attached hydrogen (secondary N) is 2. The minimum absolute atomic E-state index is 0.00174. The second kappa shape index (κ2) is 23.2. The second-order valence-corrected chi connectivity index (χ2v) is 14.3. The van der Waals surface area contributed by atoms with Crippen molar-refractivity contribution in [1.82, 2.24) is 15.5 Å². The molecule has 3 heterocycles. The highest BCUT2D eigenvalue weighted by Gasteiger charge is 2.34. The third-order valence-electron chi connectivity index (χ3n) is 9.68. The first-order chi connectivity index (χ1) is 24.6. The van der Waals surface area contributed by atoms with E-state index >= 15 is 0 Å². The van der Waals surface area contributed by atoms with Gasteiger partial charge in [0.1, 0.15) is 6.10 Å². The van der Waals surface area contributed by atoms with E-state index in [4.69, 9.17) is 24.1 Å². The van der Waals surface area contributed by atoms with E-state index in [1.165, 1.54) is 18.2 Å². The van der Waals surface area contributed by atoms with Crippen LogP contribution in [0, 0.1) is 11.8 Å². The summed E-state index contributed by atoms with van der Waals surface area (Å²) in [6.07, 6.45) is 16.0. The highest BCUT2D eigenvalue weighted by atomic mass is 16.6. The molecule has 0 bridgehead atoms. The summed E-state index contributed by atoms with van der Waals surface area (Å²) in [4.78, 5) is 37.9. The first-order valence-corrected chi connectivity index (χ1v) is 18.7. The van der Waals surface area contributed by atoms with E-state index in [1.54, 1.807) is 24.8 Å². The Kier molecular flexibility index (Phi) is 19.9.